The van der Waals surface area contributed by atoms with Crippen molar-refractivity contribution in [2.24, 2.45) is 0 Å². The summed E-state index contributed by atoms with van der Waals surface area (Å²) in [5.41, 5.74) is 5.74. The number of aromatic hydroxyl groups is 1. The van der Waals surface area contributed by atoms with Gasteiger partial charge in [0.15, 0.2) is 0 Å². The molecule has 3 nitrogen and oxygen atoms in total. The largest absolute Gasteiger partial charge is 0.508 e. The Labute approximate surface area is 145 Å². The number of hydrogen-bond donors (Lipinski definition) is 1. The van der Waals surface area contributed by atoms with Gasteiger partial charge in [-0.15, -0.1) is 11.3 Å². The van der Waals surface area contributed by atoms with E-state index in [9.17, 15) is 10.4 Å². The number of hydrogen-bond acceptors (Lipinski definition) is 4. The first-order chi connectivity index (χ1) is 11.6. The highest BCUT2D eigenvalue weighted by Crippen LogP contribution is 2.29. The highest BCUT2D eigenvalue weighted by Gasteiger charge is 2.10. The lowest BCUT2D eigenvalue weighted by molar-refractivity contribution is 0.475. The van der Waals surface area contributed by atoms with E-state index in [1.54, 1.807) is 30.3 Å². The summed E-state index contributed by atoms with van der Waals surface area (Å²) in [5.74, 6) is 0.206. The van der Waals surface area contributed by atoms with Gasteiger partial charge in [0, 0.05) is 10.9 Å². The Hall–Kier alpha value is -2.90. The molecule has 1 aromatic heterocycles. The topological polar surface area (TPSA) is 56.9 Å². The molecule has 2 aromatic carbocycles. The monoisotopic (exact) mass is 332 g/mol. The lowest BCUT2D eigenvalue weighted by atomic mass is 10.0. The van der Waals surface area contributed by atoms with Crippen LogP contribution < -0.4 is 0 Å². The zero-order valence-electron chi connectivity index (χ0n) is 13.4. The van der Waals surface area contributed by atoms with Gasteiger partial charge in [-0.1, -0.05) is 35.9 Å². The fraction of sp³-hybridized carbons (Fsp3) is 0.100. The fourth-order valence-electron chi connectivity index (χ4n) is 2.50. The van der Waals surface area contributed by atoms with Gasteiger partial charge in [0.25, 0.3) is 0 Å². The molecule has 118 valence electrons. The SMILES string of the molecule is Cc1ccc(-c2csc(C(C#N)=Cc3ccc(O)cc3)n2)c(C)c1. The third-order valence-corrected chi connectivity index (χ3v) is 4.59. The summed E-state index contributed by atoms with van der Waals surface area (Å²) in [4.78, 5) is 4.63. The summed E-state index contributed by atoms with van der Waals surface area (Å²) in [6.07, 6.45) is 1.78. The quantitative estimate of drug-likeness (QED) is 0.671. The molecule has 0 unspecified atom stereocenters. The first kappa shape index (κ1) is 16.0. The summed E-state index contributed by atoms with van der Waals surface area (Å²) in [5, 5.41) is 21.5. The van der Waals surface area contributed by atoms with Crippen LogP contribution in [0.25, 0.3) is 22.9 Å². The lowest BCUT2D eigenvalue weighted by Gasteiger charge is -2.03. The maximum absolute atomic E-state index is 9.47. The summed E-state index contributed by atoms with van der Waals surface area (Å²) in [6, 6.07) is 15.2. The number of aryl methyl sites for hydroxylation is 2. The highest BCUT2D eigenvalue weighted by atomic mass is 32.1. The van der Waals surface area contributed by atoms with Crippen molar-refractivity contribution in [1.82, 2.24) is 4.98 Å². The van der Waals surface area contributed by atoms with E-state index in [2.05, 4.69) is 43.1 Å². The van der Waals surface area contributed by atoms with Crippen LogP contribution in [0.3, 0.4) is 0 Å². The van der Waals surface area contributed by atoms with Crippen molar-refractivity contribution in [3.8, 4) is 23.1 Å². The number of nitrogens with zero attached hydrogens (tertiary/aromatic N) is 2. The number of nitriles is 1. The molecule has 0 saturated carbocycles. The van der Waals surface area contributed by atoms with E-state index in [0.29, 0.717) is 10.6 Å². The predicted molar refractivity (Wildman–Crippen MR) is 98.6 cm³/mol. The summed E-state index contributed by atoms with van der Waals surface area (Å²) < 4.78 is 0. The first-order valence-corrected chi connectivity index (χ1v) is 8.39. The van der Waals surface area contributed by atoms with E-state index in [4.69, 9.17) is 0 Å². The van der Waals surface area contributed by atoms with E-state index < -0.39 is 0 Å². The normalized spacial score (nSPS) is 11.3. The Kier molecular flexibility index (Phi) is 4.45. The van der Waals surface area contributed by atoms with Crippen LogP contribution in [0.5, 0.6) is 5.75 Å². The number of allylic oxidation sites excluding steroid dienone is 1. The fourth-order valence-corrected chi connectivity index (χ4v) is 3.29. The van der Waals surface area contributed by atoms with Gasteiger partial charge in [-0.25, -0.2) is 4.98 Å². The molecular weight excluding hydrogens is 316 g/mol. The van der Waals surface area contributed by atoms with E-state index in [1.165, 1.54) is 22.5 Å². The molecule has 0 aliphatic carbocycles. The molecule has 0 radical (unpaired) electrons. The zero-order chi connectivity index (χ0) is 17.1. The third-order valence-electron chi connectivity index (χ3n) is 3.72. The molecule has 4 heteroatoms. The van der Waals surface area contributed by atoms with Crippen LogP contribution in [0.2, 0.25) is 0 Å². The molecule has 0 aliphatic rings. The average molecular weight is 332 g/mol. The van der Waals surface area contributed by atoms with E-state index in [0.717, 1.165) is 16.8 Å². The number of phenolic OH excluding ortho intramolecular Hbond substituents is 1. The predicted octanol–water partition coefficient (Wildman–Crippen LogP) is 5.20. The molecule has 3 aromatic rings. The molecule has 0 atom stereocenters. The van der Waals surface area contributed by atoms with Crippen molar-refractivity contribution in [1.29, 1.82) is 5.26 Å². The molecule has 0 saturated heterocycles. The Morgan fingerprint density at radius 3 is 2.58 bits per heavy atom. The molecule has 0 aliphatic heterocycles. The second-order valence-corrected chi connectivity index (χ2v) is 6.48. The Balaban J connectivity index is 1.96. The molecule has 0 spiro atoms. The van der Waals surface area contributed by atoms with Gasteiger partial charge < -0.3 is 5.11 Å². The van der Waals surface area contributed by atoms with Gasteiger partial charge in [-0.2, -0.15) is 5.26 Å². The highest BCUT2D eigenvalue weighted by molar-refractivity contribution is 7.11. The second kappa shape index (κ2) is 6.69. The van der Waals surface area contributed by atoms with E-state index >= 15 is 0 Å². The smallest absolute Gasteiger partial charge is 0.134 e. The van der Waals surface area contributed by atoms with Gasteiger partial charge in [-0.05, 0) is 43.2 Å². The van der Waals surface area contributed by atoms with Crippen LogP contribution in [0.1, 0.15) is 21.7 Å². The minimum Gasteiger partial charge on any atom is -0.508 e. The van der Waals surface area contributed by atoms with Crippen molar-refractivity contribution in [3.05, 3.63) is 69.5 Å². The number of thiazole rings is 1. The van der Waals surface area contributed by atoms with Crippen LogP contribution in [0.15, 0.2) is 47.8 Å². The van der Waals surface area contributed by atoms with Crippen molar-refractivity contribution in [2.45, 2.75) is 13.8 Å². The molecule has 0 amide bonds. The van der Waals surface area contributed by atoms with E-state index in [-0.39, 0.29) is 5.75 Å². The average Bonchev–Trinajstić information content (AvgIpc) is 3.04. The van der Waals surface area contributed by atoms with Gasteiger partial charge in [-0.3, -0.25) is 0 Å². The first-order valence-electron chi connectivity index (χ1n) is 7.51. The summed E-state index contributed by atoms with van der Waals surface area (Å²) in [7, 11) is 0. The van der Waals surface area contributed by atoms with Gasteiger partial charge in [0.1, 0.15) is 16.8 Å². The number of benzene rings is 2. The summed E-state index contributed by atoms with van der Waals surface area (Å²) in [6.45, 7) is 4.14. The van der Waals surface area contributed by atoms with Crippen molar-refractivity contribution >= 4 is 23.0 Å². The van der Waals surface area contributed by atoms with Crippen molar-refractivity contribution in [2.75, 3.05) is 0 Å². The van der Waals surface area contributed by atoms with Crippen LogP contribution in [0.4, 0.5) is 0 Å². The maximum atomic E-state index is 9.47. The van der Waals surface area contributed by atoms with Gasteiger partial charge in [0.05, 0.1) is 11.3 Å². The molecule has 1 N–H and O–H groups in total. The summed E-state index contributed by atoms with van der Waals surface area (Å²) >= 11 is 1.46. The minimum absolute atomic E-state index is 0.206. The standard InChI is InChI=1S/C20H16N2OS/c1-13-3-8-18(14(2)9-13)19-12-24-20(22-19)16(11-21)10-15-4-6-17(23)7-5-15/h3-10,12,23H,1-2H3. The van der Waals surface area contributed by atoms with Crippen LogP contribution in [-0.4, -0.2) is 10.1 Å². The maximum Gasteiger partial charge on any atom is 0.134 e. The van der Waals surface area contributed by atoms with E-state index in [1.807, 2.05) is 5.38 Å². The molecule has 24 heavy (non-hydrogen) atoms. The number of phenols is 1. The second-order valence-electron chi connectivity index (χ2n) is 5.62. The number of aromatic nitrogens is 1. The van der Waals surface area contributed by atoms with Crippen LogP contribution in [-0.2, 0) is 0 Å². The molecule has 3 rings (SSSR count). The Bertz CT molecular complexity index is 947. The Morgan fingerprint density at radius 2 is 1.92 bits per heavy atom. The van der Waals surface area contributed by atoms with Crippen LogP contribution >= 0.6 is 11.3 Å². The molecule has 1 heterocycles. The molecule has 0 fully saturated rings. The third kappa shape index (κ3) is 3.37. The van der Waals surface area contributed by atoms with Gasteiger partial charge in [0.2, 0.25) is 0 Å². The lowest BCUT2D eigenvalue weighted by Crippen LogP contribution is -1.86. The molecule has 0 bridgehead atoms. The Morgan fingerprint density at radius 1 is 1.17 bits per heavy atom. The van der Waals surface area contributed by atoms with Crippen molar-refractivity contribution in [3.63, 3.8) is 0 Å². The number of rotatable bonds is 3. The minimum atomic E-state index is 0.206. The van der Waals surface area contributed by atoms with Gasteiger partial charge >= 0.3 is 0 Å². The zero-order valence-corrected chi connectivity index (χ0v) is 14.3. The molecular formula is C20H16N2OS. The van der Waals surface area contributed by atoms with Crippen molar-refractivity contribution < 1.29 is 5.11 Å². The van der Waals surface area contributed by atoms with Crippen LogP contribution in [0, 0.1) is 25.2 Å².